The number of rotatable bonds is 4. The molecule has 0 saturated carbocycles. The molecule has 7 heteroatoms. The van der Waals surface area contributed by atoms with Gasteiger partial charge in [0.15, 0.2) is 5.82 Å². The highest BCUT2D eigenvalue weighted by molar-refractivity contribution is 7.16. The van der Waals surface area contributed by atoms with Crippen molar-refractivity contribution in [3.8, 4) is 0 Å². The summed E-state index contributed by atoms with van der Waals surface area (Å²) in [6.07, 6.45) is 0.967. The molecule has 0 aliphatic rings. The van der Waals surface area contributed by atoms with Crippen LogP contribution in [0.25, 0.3) is 4.96 Å². The number of nitrogens with zero attached hydrogens (tertiary/aromatic N) is 4. The van der Waals surface area contributed by atoms with Gasteiger partial charge in [-0.25, -0.2) is 0 Å². The molecular formula is C9H12N4O2S. The van der Waals surface area contributed by atoms with Crippen LogP contribution in [0.2, 0.25) is 0 Å². The van der Waals surface area contributed by atoms with Crippen molar-refractivity contribution in [3.63, 3.8) is 0 Å². The predicted molar refractivity (Wildman–Crippen MR) is 58.4 cm³/mol. The van der Waals surface area contributed by atoms with E-state index in [0.29, 0.717) is 11.6 Å². The first-order valence-electron chi connectivity index (χ1n) is 5.10. The molecule has 2 rings (SSSR count). The predicted octanol–water partition coefficient (Wildman–Crippen LogP) is 0.854. The van der Waals surface area contributed by atoms with Gasteiger partial charge in [0.05, 0.1) is 13.0 Å². The highest BCUT2D eigenvalue weighted by Crippen LogP contribution is 2.14. The molecule has 0 aliphatic heterocycles. The van der Waals surface area contributed by atoms with Crippen LogP contribution in [0.3, 0.4) is 0 Å². The van der Waals surface area contributed by atoms with E-state index in [2.05, 4.69) is 15.3 Å². The van der Waals surface area contributed by atoms with Crippen LogP contribution in [-0.2, 0) is 22.4 Å². The molecule has 0 amide bonds. The van der Waals surface area contributed by atoms with Crippen LogP contribution in [0, 0.1) is 0 Å². The van der Waals surface area contributed by atoms with E-state index in [1.54, 1.807) is 11.4 Å². The minimum absolute atomic E-state index is 0.199. The van der Waals surface area contributed by atoms with E-state index in [-0.39, 0.29) is 12.4 Å². The van der Waals surface area contributed by atoms with Crippen LogP contribution in [0.5, 0.6) is 0 Å². The number of hydrogen-bond acceptors (Lipinski definition) is 6. The summed E-state index contributed by atoms with van der Waals surface area (Å²) in [4.78, 5) is 12.0. The van der Waals surface area contributed by atoms with Crippen molar-refractivity contribution < 1.29 is 9.53 Å². The largest absolute Gasteiger partial charge is 0.466 e. The van der Waals surface area contributed by atoms with Gasteiger partial charge in [-0.05, 0) is 6.92 Å². The highest BCUT2D eigenvalue weighted by atomic mass is 32.1. The molecule has 2 heterocycles. The standard InChI is InChI=1S/C9H12N4O2S/c1-3-6-10-11-9-13(6)12-7(16-9)5-8(14)15-4-2/h3-5H2,1-2H3. The Morgan fingerprint density at radius 1 is 1.44 bits per heavy atom. The van der Waals surface area contributed by atoms with Crippen LogP contribution in [0.15, 0.2) is 0 Å². The lowest BCUT2D eigenvalue weighted by Gasteiger charge is -1.97. The first-order chi connectivity index (χ1) is 7.74. The zero-order valence-corrected chi connectivity index (χ0v) is 9.95. The van der Waals surface area contributed by atoms with Gasteiger partial charge in [-0.15, -0.1) is 10.2 Å². The molecule has 0 saturated heterocycles. The van der Waals surface area contributed by atoms with Crippen molar-refractivity contribution in [2.45, 2.75) is 26.7 Å². The molecule has 0 bridgehead atoms. The number of carbonyl (C=O) groups excluding carboxylic acids is 1. The van der Waals surface area contributed by atoms with Gasteiger partial charge in [0, 0.05) is 6.42 Å². The van der Waals surface area contributed by atoms with Gasteiger partial charge in [-0.2, -0.15) is 9.61 Å². The molecule has 0 unspecified atom stereocenters. The van der Waals surface area contributed by atoms with E-state index in [9.17, 15) is 4.79 Å². The fourth-order valence-corrected chi connectivity index (χ4v) is 2.16. The first kappa shape index (κ1) is 11.0. The van der Waals surface area contributed by atoms with Crippen molar-refractivity contribution in [3.05, 3.63) is 10.8 Å². The van der Waals surface area contributed by atoms with E-state index < -0.39 is 0 Å². The molecule has 0 aliphatic carbocycles. The molecule has 2 aromatic rings. The Labute approximate surface area is 96.3 Å². The summed E-state index contributed by atoms with van der Waals surface area (Å²) in [5.74, 6) is 0.548. The fraction of sp³-hybridized carbons (Fsp3) is 0.556. The van der Waals surface area contributed by atoms with Gasteiger partial charge >= 0.3 is 5.97 Å². The maximum absolute atomic E-state index is 11.3. The van der Waals surface area contributed by atoms with Gasteiger partial charge in [0.2, 0.25) is 4.96 Å². The third-order valence-electron chi connectivity index (χ3n) is 2.01. The molecule has 0 atom stereocenters. The monoisotopic (exact) mass is 240 g/mol. The molecule has 0 radical (unpaired) electrons. The average molecular weight is 240 g/mol. The van der Waals surface area contributed by atoms with Crippen LogP contribution in [0.4, 0.5) is 0 Å². The molecular weight excluding hydrogens is 228 g/mol. The van der Waals surface area contributed by atoms with Crippen molar-refractivity contribution >= 4 is 22.3 Å². The maximum Gasteiger partial charge on any atom is 0.312 e. The second-order valence-electron chi connectivity index (χ2n) is 3.14. The lowest BCUT2D eigenvalue weighted by atomic mass is 10.4. The normalized spacial score (nSPS) is 10.9. The number of aromatic nitrogens is 4. The molecule has 16 heavy (non-hydrogen) atoms. The van der Waals surface area contributed by atoms with Crippen LogP contribution in [0.1, 0.15) is 24.7 Å². The number of carbonyl (C=O) groups is 1. The Bertz CT molecular complexity index is 505. The summed E-state index contributed by atoms with van der Waals surface area (Å²) in [7, 11) is 0. The van der Waals surface area contributed by atoms with E-state index in [4.69, 9.17) is 4.74 Å². The summed E-state index contributed by atoms with van der Waals surface area (Å²) >= 11 is 1.37. The second-order valence-corrected chi connectivity index (χ2v) is 4.18. The Kier molecular flexibility index (Phi) is 3.14. The topological polar surface area (TPSA) is 69.4 Å². The van der Waals surface area contributed by atoms with Crippen molar-refractivity contribution in [1.29, 1.82) is 0 Å². The highest BCUT2D eigenvalue weighted by Gasteiger charge is 2.13. The molecule has 0 fully saturated rings. The minimum Gasteiger partial charge on any atom is -0.466 e. The van der Waals surface area contributed by atoms with E-state index in [1.807, 2.05) is 6.92 Å². The summed E-state index contributed by atoms with van der Waals surface area (Å²) in [6, 6.07) is 0. The molecule has 6 nitrogen and oxygen atoms in total. The van der Waals surface area contributed by atoms with Crippen LogP contribution < -0.4 is 0 Å². The quantitative estimate of drug-likeness (QED) is 0.741. The SMILES string of the molecule is CCOC(=O)Cc1nn2c(CC)nnc2s1. The third-order valence-corrected chi connectivity index (χ3v) is 2.91. The Morgan fingerprint density at radius 2 is 2.25 bits per heavy atom. The first-order valence-corrected chi connectivity index (χ1v) is 5.91. The number of ether oxygens (including phenoxy) is 1. The van der Waals surface area contributed by atoms with Crippen molar-refractivity contribution in [2.24, 2.45) is 0 Å². The molecule has 0 spiro atoms. The second kappa shape index (κ2) is 4.56. The van der Waals surface area contributed by atoms with Gasteiger partial charge < -0.3 is 4.74 Å². The Balaban J connectivity index is 2.19. The Hall–Kier alpha value is -1.50. The number of esters is 1. The van der Waals surface area contributed by atoms with Gasteiger partial charge in [-0.3, -0.25) is 4.79 Å². The van der Waals surface area contributed by atoms with Crippen LogP contribution in [-0.4, -0.2) is 32.4 Å². The van der Waals surface area contributed by atoms with Gasteiger partial charge in [-0.1, -0.05) is 18.3 Å². The molecule has 86 valence electrons. The zero-order valence-electron chi connectivity index (χ0n) is 9.13. The number of hydrogen-bond donors (Lipinski definition) is 0. The van der Waals surface area contributed by atoms with Gasteiger partial charge in [0.1, 0.15) is 5.01 Å². The van der Waals surface area contributed by atoms with Gasteiger partial charge in [0.25, 0.3) is 0 Å². The van der Waals surface area contributed by atoms with Crippen molar-refractivity contribution in [2.75, 3.05) is 6.61 Å². The lowest BCUT2D eigenvalue weighted by Crippen LogP contribution is -2.07. The Morgan fingerprint density at radius 3 is 2.94 bits per heavy atom. The summed E-state index contributed by atoms with van der Waals surface area (Å²) in [5.41, 5.74) is 0. The third kappa shape index (κ3) is 2.04. The minimum atomic E-state index is -0.259. The maximum atomic E-state index is 11.3. The average Bonchev–Trinajstić information content (AvgIpc) is 2.77. The van der Waals surface area contributed by atoms with E-state index in [1.165, 1.54) is 11.3 Å². The molecule has 0 N–H and O–H groups in total. The van der Waals surface area contributed by atoms with Crippen molar-refractivity contribution in [1.82, 2.24) is 19.8 Å². The smallest absolute Gasteiger partial charge is 0.312 e. The van der Waals surface area contributed by atoms with E-state index in [0.717, 1.165) is 17.2 Å². The zero-order chi connectivity index (χ0) is 11.5. The molecule has 2 aromatic heterocycles. The fourth-order valence-electron chi connectivity index (χ4n) is 1.32. The number of fused-ring (bicyclic) bond motifs is 1. The summed E-state index contributed by atoms with van der Waals surface area (Å²) in [6.45, 7) is 4.16. The van der Waals surface area contributed by atoms with Crippen LogP contribution >= 0.6 is 11.3 Å². The summed E-state index contributed by atoms with van der Waals surface area (Å²) in [5, 5.41) is 12.9. The van der Waals surface area contributed by atoms with E-state index >= 15 is 0 Å². The number of aryl methyl sites for hydroxylation is 1. The summed E-state index contributed by atoms with van der Waals surface area (Å²) < 4.78 is 6.54. The lowest BCUT2D eigenvalue weighted by molar-refractivity contribution is -0.142. The molecule has 0 aromatic carbocycles.